The van der Waals surface area contributed by atoms with Gasteiger partial charge in [-0.15, -0.1) is 0 Å². The van der Waals surface area contributed by atoms with Gasteiger partial charge in [-0.1, -0.05) is 0 Å². The van der Waals surface area contributed by atoms with E-state index in [1.807, 2.05) is 0 Å². The van der Waals surface area contributed by atoms with Crippen LogP contribution in [-0.4, -0.2) is 74.9 Å². The van der Waals surface area contributed by atoms with E-state index in [1.54, 1.807) is 20.8 Å². The summed E-state index contributed by atoms with van der Waals surface area (Å²) in [6.07, 6.45) is -13.8. The zero-order valence-corrected chi connectivity index (χ0v) is 21.7. The SMILES string of the molecule is CC(C)(C)OC(=O)N[C@@H](CC(=O)N1CCc2c(nc(C(F)(F)F)nc2C(F)(F)F)C1)CN1CC(F)(F)CCC1=O. The molecule has 3 heterocycles. The van der Waals surface area contributed by atoms with Gasteiger partial charge in [0.25, 0.3) is 5.92 Å². The Labute approximate surface area is 223 Å². The molecule has 3 amide bonds. The van der Waals surface area contributed by atoms with Crippen molar-refractivity contribution in [3.63, 3.8) is 0 Å². The van der Waals surface area contributed by atoms with Crippen molar-refractivity contribution in [2.24, 2.45) is 0 Å². The Morgan fingerprint density at radius 3 is 2.27 bits per heavy atom. The first kappa shape index (κ1) is 31.3. The number of aromatic nitrogens is 2. The lowest BCUT2D eigenvalue weighted by atomic mass is 10.0. The van der Waals surface area contributed by atoms with E-state index in [9.17, 15) is 49.5 Å². The number of alkyl halides is 8. The number of likely N-dealkylation sites (tertiary alicyclic amines) is 1. The van der Waals surface area contributed by atoms with E-state index in [-0.39, 0.29) is 6.54 Å². The normalized spacial score (nSPS) is 18.7. The number of carbonyl (C=O) groups is 3. The number of hydrogen-bond acceptors (Lipinski definition) is 6. The molecule has 3 rings (SSSR count). The number of ether oxygens (including phenoxy) is 1. The summed E-state index contributed by atoms with van der Waals surface area (Å²) in [5.74, 6) is -6.68. The Balaban J connectivity index is 1.83. The first-order valence-electron chi connectivity index (χ1n) is 12.1. The van der Waals surface area contributed by atoms with E-state index in [0.29, 0.717) is 0 Å². The van der Waals surface area contributed by atoms with Gasteiger partial charge in [-0.3, -0.25) is 9.59 Å². The number of hydrogen-bond donors (Lipinski definition) is 1. The quantitative estimate of drug-likeness (QED) is 0.522. The van der Waals surface area contributed by atoms with Gasteiger partial charge >= 0.3 is 18.4 Å². The minimum Gasteiger partial charge on any atom is -0.444 e. The van der Waals surface area contributed by atoms with E-state index in [1.165, 1.54) is 0 Å². The summed E-state index contributed by atoms with van der Waals surface area (Å²) < 4.78 is 113. The van der Waals surface area contributed by atoms with Gasteiger partial charge in [-0.2, -0.15) is 26.3 Å². The molecule has 0 aliphatic carbocycles. The van der Waals surface area contributed by atoms with Crippen molar-refractivity contribution in [3.05, 3.63) is 22.8 Å². The smallest absolute Gasteiger partial charge is 0.444 e. The fourth-order valence-electron chi connectivity index (χ4n) is 4.31. The van der Waals surface area contributed by atoms with Crippen LogP contribution in [0.5, 0.6) is 0 Å². The van der Waals surface area contributed by atoms with Crippen LogP contribution in [0.15, 0.2) is 0 Å². The van der Waals surface area contributed by atoms with Crippen molar-refractivity contribution in [1.29, 1.82) is 0 Å². The monoisotopic (exact) mass is 589 g/mol. The molecule has 224 valence electrons. The number of piperidine rings is 1. The van der Waals surface area contributed by atoms with E-state index < -0.39 is 116 Å². The van der Waals surface area contributed by atoms with Crippen LogP contribution in [0.2, 0.25) is 0 Å². The Bertz CT molecular complexity index is 1150. The van der Waals surface area contributed by atoms with Gasteiger partial charge in [-0.25, -0.2) is 23.5 Å². The molecule has 1 atom stereocenters. The van der Waals surface area contributed by atoms with Crippen LogP contribution >= 0.6 is 0 Å². The lowest BCUT2D eigenvalue weighted by molar-refractivity contribution is -0.153. The Kier molecular flexibility index (Phi) is 8.56. The highest BCUT2D eigenvalue weighted by Crippen LogP contribution is 2.37. The van der Waals surface area contributed by atoms with Crippen LogP contribution in [0.4, 0.5) is 39.9 Å². The largest absolute Gasteiger partial charge is 0.451 e. The highest BCUT2D eigenvalue weighted by atomic mass is 19.4. The minimum atomic E-state index is -5.28. The van der Waals surface area contributed by atoms with E-state index in [4.69, 9.17) is 4.74 Å². The van der Waals surface area contributed by atoms with Crippen LogP contribution in [0.3, 0.4) is 0 Å². The van der Waals surface area contributed by atoms with Gasteiger partial charge in [0.1, 0.15) is 5.60 Å². The topological polar surface area (TPSA) is 105 Å². The number of carbonyl (C=O) groups excluding carboxylic acids is 3. The van der Waals surface area contributed by atoms with E-state index in [0.717, 1.165) is 9.80 Å². The lowest BCUT2D eigenvalue weighted by Crippen LogP contribution is -2.54. The van der Waals surface area contributed by atoms with Gasteiger partial charge in [0.2, 0.25) is 17.6 Å². The zero-order valence-electron chi connectivity index (χ0n) is 21.7. The van der Waals surface area contributed by atoms with Gasteiger partial charge in [-0.05, 0) is 27.2 Å². The summed E-state index contributed by atoms with van der Waals surface area (Å²) in [6.45, 7) is 2.09. The van der Waals surface area contributed by atoms with Crippen molar-refractivity contribution in [1.82, 2.24) is 25.1 Å². The molecule has 1 N–H and O–H groups in total. The Hall–Kier alpha value is -3.27. The summed E-state index contributed by atoms with van der Waals surface area (Å²) >= 11 is 0. The summed E-state index contributed by atoms with van der Waals surface area (Å²) in [5, 5.41) is 2.35. The Morgan fingerprint density at radius 1 is 1.05 bits per heavy atom. The summed E-state index contributed by atoms with van der Waals surface area (Å²) in [6, 6.07) is -1.26. The molecule has 1 aromatic rings. The van der Waals surface area contributed by atoms with Gasteiger partial charge in [0.15, 0.2) is 5.69 Å². The summed E-state index contributed by atoms with van der Waals surface area (Å²) in [7, 11) is 0. The number of nitrogens with zero attached hydrogens (tertiary/aromatic N) is 4. The fraction of sp³-hybridized carbons (Fsp3) is 0.696. The molecule has 0 spiro atoms. The maximum atomic E-state index is 13.9. The molecule has 2 aliphatic heterocycles. The molecule has 9 nitrogen and oxygen atoms in total. The second-order valence-electron chi connectivity index (χ2n) is 10.6. The lowest BCUT2D eigenvalue weighted by Gasteiger charge is -2.36. The molecular weight excluding hydrogens is 562 g/mol. The average molecular weight is 589 g/mol. The third-order valence-electron chi connectivity index (χ3n) is 6.00. The average Bonchev–Trinajstić information content (AvgIpc) is 2.77. The third kappa shape index (κ3) is 8.13. The van der Waals surface area contributed by atoms with Gasteiger partial charge in [0.05, 0.1) is 24.8 Å². The van der Waals surface area contributed by atoms with Crippen molar-refractivity contribution < 1.29 is 54.2 Å². The molecule has 40 heavy (non-hydrogen) atoms. The van der Waals surface area contributed by atoms with Crippen molar-refractivity contribution >= 4 is 17.9 Å². The van der Waals surface area contributed by atoms with E-state index in [2.05, 4.69) is 15.3 Å². The highest BCUT2D eigenvalue weighted by molar-refractivity contribution is 5.79. The van der Waals surface area contributed by atoms with E-state index >= 15 is 0 Å². The molecule has 2 aliphatic rings. The molecule has 1 fully saturated rings. The number of amides is 3. The summed E-state index contributed by atoms with van der Waals surface area (Å²) in [5.41, 5.74) is -3.94. The molecular formula is C23H27F8N5O4. The number of rotatable bonds is 5. The fourth-order valence-corrected chi connectivity index (χ4v) is 4.31. The van der Waals surface area contributed by atoms with Crippen LogP contribution in [0.1, 0.15) is 62.8 Å². The minimum absolute atomic E-state index is 0.344. The molecule has 1 saturated heterocycles. The third-order valence-corrected chi connectivity index (χ3v) is 6.00. The summed E-state index contributed by atoms with van der Waals surface area (Å²) in [4.78, 5) is 45.3. The molecule has 0 unspecified atom stereocenters. The highest BCUT2D eigenvalue weighted by Gasteiger charge is 2.44. The molecule has 17 heteroatoms. The van der Waals surface area contributed by atoms with Crippen LogP contribution in [0.25, 0.3) is 0 Å². The maximum absolute atomic E-state index is 13.9. The molecule has 1 aromatic heterocycles. The Morgan fingerprint density at radius 2 is 1.70 bits per heavy atom. The predicted octanol–water partition coefficient (Wildman–Crippen LogP) is 3.94. The van der Waals surface area contributed by atoms with Gasteiger partial charge in [0, 0.05) is 37.9 Å². The van der Waals surface area contributed by atoms with Crippen LogP contribution in [-0.2, 0) is 39.6 Å². The first-order valence-corrected chi connectivity index (χ1v) is 12.1. The van der Waals surface area contributed by atoms with Gasteiger partial charge < -0.3 is 19.9 Å². The van der Waals surface area contributed by atoms with Crippen LogP contribution < -0.4 is 5.32 Å². The predicted molar refractivity (Wildman–Crippen MR) is 120 cm³/mol. The molecule has 0 saturated carbocycles. The number of halogens is 8. The second-order valence-corrected chi connectivity index (χ2v) is 10.6. The van der Waals surface area contributed by atoms with Crippen LogP contribution in [0, 0.1) is 0 Å². The number of fused-ring (bicyclic) bond motifs is 1. The zero-order chi connectivity index (χ0) is 30.3. The van der Waals surface area contributed by atoms with Crippen molar-refractivity contribution in [2.75, 3.05) is 19.6 Å². The standard InChI is InChI=1S/C23H27F8N5O4/c1-20(2,3)40-19(39)32-12(9-36-11-21(24,25)6-4-15(36)37)8-16(38)35-7-5-13-14(10-35)33-18(23(29,30)31)34-17(13)22(26,27)28/h12H,4-11H2,1-3H3,(H,32,39)/t12-/m0/s1. The second kappa shape index (κ2) is 11.0. The molecule has 0 aromatic carbocycles. The van der Waals surface area contributed by atoms with Crippen molar-refractivity contribution in [3.8, 4) is 0 Å². The number of nitrogens with one attached hydrogen (secondary N) is 1. The molecule has 0 bridgehead atoms. The first-order chi connectivity index (χ1) is 18.1. The van der Waals surface area contributed by atoms with Crippen molar-refractivity contribution in [2.45, 2.75) is 82.9 Å². The molecule has 0 radical (unpaired) electrons. The maximum Gasteiger partial charge on any atom is 0.451 e. The number of alkyl carbamates (subject to hydrolysis) is 1.